The van der Waals surface area contributed by atoms with Gasteiger partial charge in [-0.3, -0.25) is 4.79 Å². The highest BCUT2D eigenvalue weighted by molar-refractivity contribution is 5.75. The minimum Gasteiger partial charge on any atom is -0.468 e. The zero-order valence-electron chi connectivity index (χ0n) is 12.1. The Hall–Kier alpha value is -1.56. The Bertz CT molecular complexity index is 474. The van der Waals surface area contributed by atoms with Crippen LogP contribution in [-0.2, 0) is 22.1 Å². The molecule has 0 radical (unpaired) electrons. The van der Waals surface area contributed by atoms with E-state index in [2.05, 4.69) is 4.74 Å². The summed E-state index contributed by atoms with van der Waals surface area (Å²) in [4.78, 5) is 11.2. The van der Waals surface area contributed by atoms with Crippen LogP contribution in [0.25, 0.3) is 0 Å². The lowest BCUT2D eigenvalue weighted by molar-refractivity contribution is -0.142. The monoisotopic (exact) mass is 303 g/mol. The summed E-state index contributed by atoms with van der Waals surface area (Å²) in [6, 6.07) is 4.80. The van der Waals surface area contributed by atoms with E-state index < -0.39 is 23.8 Å². The van der Waals surface area contributed by atoms with Crippen molar-refractivity contribution in [2.24, 2.45) is 11.7 Å². The summed E-state index contributed by atoms with van der Waals surface area (Å²) in [5.74, 6) is -0.474. The average Bonchev–Trinajstić information content (AvgIpc) is 2.43. The molecule has 0 bridgehead atoms. The van der Waals surface area contributed by atoms with Crippen molar-refractivity contribution in [2.75, 3.05) is 7.11 Å². The maximum Gasteiger partial charge on any atom is 0.416 e. The van der Waals surface area contributed by atoms with E-state index in [9.17, 15) is 18.0 Å². The molecule has 0 aromatic heterocycles. The molecule has 1 aromatic carbocycles. The van der Waals surface area contributed by atoms with E-state index in [1.165, 1.54) is 19.2 Å². The Labute approximate surface area is 122 Å². The third-order valence-electron chi connectivity index (χ3n) is 3.39. The summed E-state index contributed by atoms with van der Waals surface area (Å²) in [7, 11) is 1.26. The van der Waals surface area contributed by atoms with E-state index in [4.69, 9.17) is 5.73 Å². The normalized spacial score (nSPS) is 14.6. The Kier molecular flexibility index (Phi) is 6.20. The van der Waals surface area contributed by atoms with Gasteiger partial charge in [0.05, 0.1) is 12.7 Å². The number of benzene rings is 1. The first-order valence-electron chi connectivity index (χ1n) is 6.74. The Morgan fingerprint density at radius 1 is 1.33 bits per heavy atom. The third kappa shape index (κ3) is 5.38. The highest BCUT2D eigenvalue weighted by atomic mass is 19.4. The second kappa shape index (κ2) is 7.45. The van der Waals surface area contributed by atoms with Gasteiger partial charge in [-0.15, -0.1) is 0 Å². The lowest BCUT2D eigenvalue weighted by Crippen LogP contribution is -2.33. The molecule has 21 heavy (non-hydrogen) atoms. The first-order valence-corrected chi connectivity index (χ1v) is 6.74. The summed E-state index contributed by atoms with van der Waals surface area (Å²) >= 11 is 0. The molecule has 2 atom stereocenters. The van der Waals surface area contributed by atoms with Crippen molar-refractivity contribution in [3.63, 3.8) is 0 Å². The minimum absolute atomic E-state index is 0.0281. The second-order valence-electron chi connectivity index (χ2n) is 5.16. The van der Waals surface area contributed by atoms with Gasteiger partial charge in [0.2, 0.25) is 0 Å². The van der Waals surface area contributed by atoms with E-state index in [0.717, 1.165) is 6.07 Å². The van der Waals surface area contributed by atoms with Gasteiger partial charge >= 0.3 is 12.1 Å². The molecule has 2 N–H and O–H groups in total. The molecule has 0 fully saturated rings. The molecule has 1 aromatic rings. The van der Waals surface area contributed by atoms with Crippen LogP contribution in [0.1, 0.15) is 30.9 Å². The lowest BCUT2D eigenvalue weighted by atomic mass is 9.93. The fourth-order valence-electron chi connectivity index (χ4n) is 2.22. The minimum atomic E-state index is -4.34. The van der Waals surface area contributed by atoms with Gasteiger partial charge < -0.3 is 10.5 Å². The molecule has 118 valence electrons. The zero-order chi connectivity index (χ0) is 16.0. The van der Waals surface area contributed by atoms with E-state index >= 15 is 0 Å². The Morgan fingerprint density at radius 3 is 2.52 bits per heavy atom. The first kappa shape index (κ1) is 17.5. The molecule has 0 heterocycles. The summed E-state index contributed by atoms with van der Waals surface area (Å²) < 4.78 is 43.1. The number of alkyl halides is 3. The molecule has 0 saturated heterocycles. The maximum atomic E-state index is 12.9. The molecule has 0 aliphatic carbocycles. The molecule has 0 aliphatic rings. The van der Waals surface area contributed by atoms with Crippen molar-refractivity contribution < 1.29 is 22.7 Å². The highest BCUT2D eigenvalue weighted by Crippen LogP contribution is 2.32. The highest BCUT2D eigenvalue weighted by Gasteiger charge is 2.32. The van der Waals surface area contributed by atoms with Gasteiger partial charge in [0.25, 0.3) is 0 Å². The number of ether oxygens (including phenoxy) is 1. The number of rotatable bonds is 6. The van der Waals surface area contributed by atoms with Gasteiger partial charge in [0, 0.05) is 0 Å². The molecular formula is C15H20F3NO2. The summed E-state index contributed by atoms with van der Waals surface area (Å²) in [6.45, 7) is 1.86. The molecule has 2 unspecified atom stereocenters. The lowest BCUT2D eigenvalue weighted by Gasteiger charge is -2.17. The van der Waals surface area contributed by atoms with Crippen LogP contribution in [0.2, 0.25) is 0 Å². The first-order chi connectivity index (χ1) is 9.75. The molecule has 0 amide bonds. The standard InChI is InChI=1S/C15H20F3NO2/c1-10(9-13(19)14(20)21-2)7-8-11-5-3-4-6-12(11)15(16,17)18/h3-6,10,13H,7-9,19H2,1-2H3. The Balaban J connectivity index is 2.62. The van der Waals surface area contributed by atoms with E-state index in [1.54, 1.807) is 6.07 Å². The van der Waals surface area contributed by atoms with Gasteiger partial charge in [-0.2, -0.15) is 13.2 Å². The summed E-state index contributed by atoms with van der Waals surface area (Å²) in [6.07, 6.45) is -3.13. The fourth-order valence-corrected chi connectivity index (χ4v) is 2.22. The van der Waals surface area contributed by atoms with Crippen molar-refractivity contribution >= 4 is 5.97 Å². The van der Waals surface area contributed by atoms with Crippen LogP contribution in [-0.4, -0.2) is 19.1 Å². The number of methoxy groups -OCH3 is 1. The number of nitrogens with two attached hydrogens (primary N) is 1. The molecule has 0 aliphatic heterocycles. The second-order valence-corrected chi connectivity index (χ2v) is 5.16. The summed E-state index contributed by atoms with van der Waals surface area (Å²) in [5.41, 5.74) is 5.31. The average molecular weight is 303 g/mol. The zero-order valence-corrected chi connectivity index (χ0v) is 12.1. The molecule has 0 saturated carbocycles. The predicted octanol–water partition coefficient (Wildman–Crippen LogP) is 3.16. The van der Waals surface area contributed by atoms with E-state index in [0.29, 0.717) is 19.3 Å². The summed E-state index contributed by atoms with van der Waals surface area (Å²) in [5, 5.41) is 0. The number of hydrogen-bond acceptors (Lipinski definition) is 3. The van der Waals surface area contributed by atoms with Crippen LogP contribution in [0, 0.1) is 5.92 Å². The van der Waals surface area contributed by atoms with E-state index in [1.807, 2.05) is 6.92 Å². The van der Waals surface area contributed by atoms with Gasteiger partial charge in [-0.05, 0) is 36.8 Å². The van der Waals surface area contributed by atoms with Gasteiger partial charge in [-0.1, -0.05) is 25.1 Å². The largest absolute Gasteiger partial charge is 0.468 e. The van der Waals surface area contributed by atoms with Crippen LogP contribution in [0.4, 0.5) is 13.2 Å². The number of halogens is 3. The van der Waals surface area contributed by atoms with Gasteiger partial charge in [0.1, 0.15) is 6.04 Å². The topological polar surface area (TPSA) is 52.3 Å². The van der Waals surface area contributed by atoms with Crippen LogP contribution < -0.4 is 5.73 Å². The van der Waals surface area contributed by atoms with Crippen molar-refractivity contribution in [3.8, 4) is 0 Å². The fraction of sp³-hybridized carbons (Fsp3) is 0.533. The molecule has 3 nitrogen and oxygen atoms in total. The van der Waals surface area contributed by atoms with Crippen molar-refractivity contribution in [1.29, 1.82) is 0 Å². The maximum absolute atomic E-state index is 12.9. The van der Waals surface area contributed by atoms with Crippen LogP contribution >= 0.6 is 0 Å². The number of hydrogen-bond donors (Lipinski definition) is 1. The van der Waals surface area contributed by atoms with Crippen molar-refractivity contribution in [3.05, 3.63) is 35.4 Å². The molecular weight excluding hydrogens is 283 g/mol. The number of esters is 1. The van der Waals surface area contributed by atoms with Crippen LogP contribution in [0.15, 0.2) is 24.3 Å². The smallest absolute Gasteiger partial charge is 0.416 e. The predicted molar refractivity (Wildman–Crippen MR) is 73.5 cm³/mol. The van der Waals surface area contributed by atoms with E-state index in [-0.39, 0.29) is 11.5 Å². The number of aryl methyl sites for hydroxylation is 1. The van der Waals surface area contributed by atoms with Gasteiger partial charge in [0.15, 0.2) is 0 Å². The van der Waals surface area contributed by atoms with Crippen molar-refractivity contribution in [1.82, 2.24) is 0 Å². The quantitative estimate of drug-likeness (QED) is 0.821. The Morgan fingerprint density at radius 2 is 1.95 bits per heavy atom. The molecule has 0 spiro atoms. The van der Waals surface area contributed by atoms with Crippen LogP contribution in [0.3, 0.4) is 0 Å². The van der Waals surface area contributed by atoms with Gasteiger partial charge in [-0.25, -0.2) is 0 Å². The number of carbonyl (C=O) groups excluding carboxylic acids is 1. The van der Waals surface area contributed by atoms with Crippen molar-refractivity contribution in [2.45, 2.75) is 38.4 Å². The van der Waals surface area contributed by atoms with Crippen LogP contribution in [0.5, 0.6) is 0 Å². The molecule has 6 heteroatoms. The molecule has 1 rings (SSSR count). The SMILES string of the molecule is COC(=O)C(N)CC(C)CCc1ccccc1C(F)(F)F. The third-order valence-corrected chi connectivity index (χ3v) is 3.39. The number of carbonyl (C=O) groups is 1.